The summed E-state index contributed by atoms with van der Waals surface area (Å²) in [6.07, 6.45) is 5.19. The Morgan fingerprint density at radius 1 is 1.29 bits per heavy atom. The zero-order valence-corrected chi connectivity index (χ0v) is 11.6. The predicted octanol–water partition coefficient (Wildman–Crippen LogP) is 2.93. The van der Waals surface area contributed by atoms with Crippen molar-refractivity contribution in [2.45, 2.75) is 0 Å². The normalized spacial score (nSPS) is 17.7. The van der Waals surface area contributed by atoms with E-state index in [1.807, 2.05) is 36.5 Å². The van der Waals surface area contributed by atoms with Gasteiger partial charge in [-0.05, 0) is 36.3 Å². The average molecular weight is 279 g/mol. The lowest BCUT2D eigenvalue weighted by Gasteiger charge is -1.98. The maximum absolute atomic E-state index is 12.4. The standard InChI is InChI=1S/C17H14FN3/c1-19-17-13(7-9-18)11-14(21-17)6-5-12-3-2-4-16-15(12)8-10-20-16/h2-4,7-8,10-11,20H,9H2,1H3,(H,19,21)/b13-7-. The molecule has 1 aliphatic heterocycles. The van der Waals surface area contributed by atoms with E-state index >= 15 is 0 Å². The summed E-state index contributed by atoms with van der Waals surface area (Å²) in [7, 11) is 1.67. The van der Waals surface area contributed by atoms with E-state index in [1.54, 1.807) is 7.05 Å². The van der Waals surface area contributed by atoms with Gasteiger partial charge in [-0.1, -0.05) is 12.0 Å². The maximum Gasteiger partial charge on any atom is 0.132 e. The summed E-state index contributed by atoms with van der Waals surface area (Å²) in [5, 5.41) is 4.17. The number of benzene rings is 1. The van der Waals surface area contributed by atoms with Crippen molar-refractivity contribution in [2.24, 2.45) is 4.99 Å². The van der Waals surface area contributed by atoms with Crippen LogP contribution in [0.3, 0.4) is 0 Å². The van der Waals surface area contributed by atoms with Gasteiger partial charge in [0.05, 0.1) is 5.70 Å². The number of aromatic nitrogens is 1. The molecule has 0 radical (unpaired) electrons. The third kappa shape index (κ3) is 2.59. The van der Waals surface area contributed by atoms with Crippen LogP contribution >= 0.6 is 0 Å². The molecule has 1 aromatic carbocycles. The van der Waals surface area contributed by atoms with Crippen LogP contribution in [0.25, 0.3) is 10.9 Å². The Morgan fingerprint density at radius 2 is 2.19 bits per heavy atom. The molecule has 3 nitrogen and oxygen atoms in total. The molecule has 0 fully saturated rings. The first-order valence-corrected chi connectivity index (χ1v) is 6.62. The topological polar surface area (TPSA) is 40.2 Å². The Morgan fingerprint density at radius 3 is 3.00 bits per heavy atom. The molecule has 0 aliphatic carbocycles. The third-order valence-corrected chi connectivity index (χ3v) is 3.27. The van der Waals surface area contributed by atoms with Crippen molar-refractivity contribution in [3.63, 3.8) is 0 Å². The summed E-state index contributed by atoms with van der Waals surface area (Å²) in [5.74, 6) is 6.87. The third-order valence-electron chi connectivity index (χ3n) is 3.27. The van der Waals surface area contributed by atoms with Crippen LogP contribution in [0, 0.1) is 11.8 Å². The van der Waals surface area contributed by atoms with Crippen molar-refractivity contribution in [2.75, 3.05) is 13.7 Å². The van der Waals surface area contributed by atoms with E-state index in [9.17, 15) is 4.39 Å². The van der Waals surface area contributed by atoms with Gasteiger partial charge in [-0.15, -0.1) is 0 Å². The fraction of sp³-hybridized carbons (Fsp3) is 0.118. The summed E-state index contributed by atoms with van der Waals surface area (Å²) >= 11 is 0. The fourth-order valence-corrected chi connectivity index (χ4v) is 2.28. The molecule has 104 valence electrons. The van der Waals surface area contributed by atoms with E-state index in [0.717, 1.165) is 27.7 Å². The minimum Gasteiger partial charge on any atom is -0.361 e. The largest absolute Gasteiger partial charge is 0.361 e. The van der Waals surface area contributed by atoms with Gasteiger partial charge in [0, 0.05) is 35.3 Å². The molecule has 0 bridgehead atoms. The molecular formula is C17H14FN3. The first-order valence-electron chi connectivity index (χ1n) is 6.62. The lowest BCUT2D eigenvalue weighted by Crippen LogP contribution is -2.16. The van der Waals surface area contributed by atoms with Gasteiger partial charge < -0.3 is 10.3 Å². The smallest absolute Gasteiger partial charge is 0.132 e. The summed E-state index contributed by atoms with van der Waals surface area (Å²) in [4.78, 5) is 7.24. The number of aromatic amines is 1. The number of hydrogen-bond donors (Lipinski definition) is 2. The minimum absolute atomic E-state index is 0.518. The second-order valence-electron chi connectivity index (χ2n) is 4.56. The molecule has 0 atom stereocenters. The molecule has 1 aliphatic rings. The number of allylic oxidation sites excluding steroid dienone is 2. The molecule has 0 unspecified atom stereocenters. The molecule has 1 aromatic heterocycles. The molecule has 0 saturated heterocycles. The minimum atomic E-state index is -0.518. The molecular weight excluding hydrogens is 265 g/mol. The zero-order chi connectivity index (χ0) is 14.7. The summed E-state index contributed by atoms with van der Waals surface area (Å²) in [6.45, 7) is -0.518. The van der Waals surface area contributed by atoms with Gasteiger partial charge in [0.15, 0.2) is 0 Å². The van der Waals surface area contributed by atoms with Gasteiger partial charge >= 0.3 is 0 Å². The van der Waals surface area contributed by atoms with Crippen molar-refractivity contribution in [3.8, 4) is 11.8 Å². The summed E-state index contributed by atoms with van der Waals surface area (Å²) in [5.41, 5.74) is 3.48. The lowest BCUT2D eigenvalue weighted by atomic mass is 10.1. The highest BCUT2D eigenvalue weighted by Gasteiger charge is 2.13. The number of hydrogen-bond acceptors (Lipinski definition) is 1. The number of amidine groups is 1. The molecule has 3 rings (SSSR count). The van der Waals surface area contributed by atoms with Crippen LogP contribution in [-0.4, -0.2) is 24.5 Å². The fourth-order valence-electron chi connectivity index (χ4n) is 2.28. The van der Waals surface area contributed by atoms with Crippen molar-refractivity contribution in [1.82, 2.24) is 10.3 Å². The van der Waals surface area contributed by atoms with Crippen molar-refractivity contribution >= 4 is 16.7 Å². The van der Waals surface area contributed by atoms with Gasteiger partial charge in [-0.25, -0.2) is 4.39 Å². The van der Waals surface area contributed by atoms with Crippen LogP contribution in [0.4, 0.5) is 4.39 Å². The van der Waals surface area contributed by atoms with Crippen LogP contribution in [0.1, 0.15) is 5.56 Å². The van der Waals surface area contributed by atoms with Crippen LogP contribution in [0.5, 0.6) is 0 Å². The lowest BCUT2D eigenvalue weighted by molar-refractivity contribution is 0.561. The average Bonchev–Trinajstić information content (AvgIpc) is 3.12. The Balaban J connectivity index is 1.94. The number of nitrogens with one attached hydrogen (secondary N) is 2. The first kappa shape index (κ1) is 13.2. The van der Waals surface area contributed by atoms with Gasteiger partial charge in [0.2, 0.25) is 0 Å². The number of fused-ring (bicyclic) bond motifs is 1. The van der Waals surface area contributed by atoms with Gasteiger partial charge in [-0.3, -0.25) is 4.99 Å². The maximum atomic E-state index is 12.4. The number of alkyl halides is 1. The molecule has 0 spiro atoms. The van der Waals surface area contributed by atoms with Crippen molar-refractivity contribution in [3.05, 3.63) is 59.4 Å². The van der Waals surface area contributed by atoms with E-state index in [-0.39, 0.29) is 0 Å². The summed E-state index contributed by atoms with van der Waals surface area (Å²) in [6, 6.07) is 7.96. The number of halogens is 1. The predicted molar refractivity (Wildman–Crippen MR) is 83.8 cm³/mol. The summed E-state index contributed by atoms with van der Waals surface area (Å²) < 4.78 is 12.4. The Labute approximate surface area is 122 Å². The molecule has 2 heterocycles. The van der Waals surface area contributed by atoms with E-state index in [4.69, 9.17) is 0 Å². The monoisotopic (exact) mass is 279 g/mol. The Hall–Kier alpha value is -2.80. The number of rotatable bonds is 1. The molecule has 4 heteroatoms. The van der Waals surface area contributed by atoms with Gasteiger partial charge in [-0.2, -0.15) is 0 Å². The van der Waals surface area contributed by atoms with Crippen molar-refractivity contribution < 1.29 is 4.39 Å². The first-order chi connectivity index (χ1) is 10.3. The number of H-pyrrole nitrogens is 1. The number of aliphatic imine (C=N–C) groups is 1. The van der Waals surface area contributed by atoms with E-state index < -0.39 is 6.67 Å². The number of nitrogens with zero attached hydrogens (tertiary/aromatic N) is 1. The molecule has 0 saturated carbocycles. The Bertz CT molecular complexity index is 828. The molecule has 2 N–H and O–H groups in total. The van der Waals surface area contributed by atoms with E-state index in [0.29, 0.717) is 5.84 Å². The molecule has 0 amide bonds. The van der Waals surface area contributed by atoms with Crippen LogP contribution in [0.2, 0.25) is 0 Å². The highest BCUT2D eigenvalue weighted by atomic mass is 19.1. The van der Waals surface area contributed by atoms with Gasteiger partial charge in [0.25, 0.3) is 0 Å². The zero-order valence-electron chi connectivity index (χ0n) is 11.6. The van der Waals surface area contributed by atoms with Crippen LogP contribution in [0.15, 0.2) is 58.9 Å². The second kappa shape index (κ2) is 5.68. The molecule has 2 aromatic rings. The van der Waals surface area contributed by atoms with Gasteiger partial charge in [0.1, 0.15) is 12.5 Å². The highest BCUT2D eigenvalue weighted by molar-refractivity contribution is 6.05. The SMILES string of the molecule is CN=C1NC(C#Cc2cccc3[nH]ccc23)=C/C1=C/CF. The van der Waals surface area contributed by atoms with E-state index in [2.05, 4.69) is 27.1 Å². The molecule has 21 heavy (non-hydrogen) atoms. The highest BCUT2D eigenvalue weighted by Crippen LogP contribution is 2.17. The van der Waals surface area contributed by atoms with Crippen LogP contribution in [-0.2, 0) is 0 Å². The van der Waals surface area contributed by atoms with Crippen LogP contribution < -0.4 is 5.32 Å². The second-order valence-corrected chi connectivity index (χ2v) is 4.56. The quantitative estimate of drug-likeness (QED) is 0.774. The Kier molecular flexibility index (Phi) is 3.57. The van der Waals surface area contributed by atoms with E-state index in [1.165, 1.54) is 6.08 Å². The van der Waals surface area contributed by atoms with Crippen molar-refractivity contribution in [1.29, 1.82) is 0 Å².